The Balaban J connectivity index is 2.32. The highest BCUT2D eigenvalue weighted by Crippen LogP contribution is 2.26. The van der Waals surface area contributed by atoms with Gasteiger partial charge in [-0.05, 0) is 0 Å². The standard InChI is InChI=1S/C10H14FN3O5/c11-4-2-14(10(18)13-9(4)12)7-1-5(16)8(17)6(3-15)19-7/h2,5-8,15-17H,1,3H2,(H2,12,13,18)/t5-,6-,7-,8+/m1/s1. The number of rotatable bonds is 2. The second kappa shape index (κ2) is 5.21. The van der Waals surface area contributed by atoms with E-state index in [4.69, 9.17) is 15.6 Å². The normalized spacial score (nSPS) is 31.4. The highest BCUT2D eigenvalue weighted by atomic mass is 19.1. The van der Waals surface area contributed by atoms with Crippen LogP contribution in [0.15, 0.2) is 11.0 Å². The van der Waals surface area contributed by atoms with Crippen molar-refractivity contribution in [2.75, 3.05) is 12.3 Å². The molecule has 19 heavy (non-hydrogen) atoms. The van der Waals surface area contributed by atoms with Crippen LogP contribution in [0.5, 0.6) is 0 Å². The Bertz CT molecular complexity index is 522. The van der Waals surface area contributed by atoms with E-state index in [-0.39, 0.29) is 6.42 Å². The summed E-state index contributed by atoms with van der Waals surface area (Å²) in [6, 6.07) is 0. The van der Waals surface area contributed by atoms with Crippen LogP contribution in [0, 0.1) is 5.82 Å². The van der Waals surface area contributed by atoms with Crippen molar-refractivity contribution in [1.29, 1.82) is 0 Å². The van der Waals surface area contributed by atoms with Crippen molar-refractivity contribution in [1.82, 2.24) is 9.55 Å². The van der Waals surface area contributed by atoms with Crippen LogP contribution in [0.3, 0.4) is 0 Å². The molecule has 0 aromatic carbocycles. The number of nitrogens with zero attached hydrogens (tertiary/aromatic N) is 2. The van der Waals surface area contributed by atoms with Gasteiger partial charge in [0, 0.05) is 6.42 Å². The van der Waals surface area contributed by atoms with Gasteiger partial charge < -0.3 is 25.8 Å². The average molecular weight is 275 g/mol. The Morgan fingerprint density at radius 3 is 2.89 bits per heavy atom. The number of ether oxygens (including phenoxy) is 1. The zero-order valence-electron chi connectivity index (χ0n) is 9.81. The first-order chi connectivity index (χ1) is 8.93. The number of aliphatic hydroxyl groups excluding tert-OH is 3. The van der Waals surface area contributed by atoms with Crippen LogP contribution in [0.25, 0.3) is 0 Å². The van der Waals surface area contributed by atoms with Crippen molar-refractivity contribution < 1.29 is 24.4 Å². The van der Waals surface area contributed by atoms with Crippen LogP contribution >= 0.6 is 0 Å². The number of anilines is 1. The summed E-state index contributed by atoms with van der Waals surface area (Å²) in [4.78, 5) is 14.9. The molecule has 0 aliphatic carbocycles. The van der Waals surface area contributed by atoms with Crippen LogP contribution in [-0.4, -0.2) is 49.8 Å². The number of nitrogen functional groups attached to an aromatic ring is 1. The summed E-state index contributed by atoms with van der Waals surface area (Å²) < 4.78 is 19.4. The van der Waals surface area contributed by atoms with Gasteiger partial charge in [-0.15, -0.1) is 0 Å². The van der Waals surface area contributed by atoms with E-state index in [9.17, 15) is 19.4 Å². The van der Waals surface area contributed by atoms with E-state index in [1.165, 1.54) is 0 Å². The van der Waals surface area contributed by atoms with Crippen molar-refractivity contribution in [2.45, 2.75) is 31.0 Å². The highest BCUT2D eigenvalue weighted by Gasteiger charge is 2.37. The summed E-state index contributed by atoms with van der Waals surface area (Å²) in [5.74, 6) is -1.43. The number of hydrogen-bond donors (Lipinski definition) is 4. The van der Waals surface area contributed by atoms with Gasteiger partial charge in [0.15, 0.2) is 11.6 Å². The van der Waals surface area contributed by atoms with Gasteiger partial charge >= 0.3 is 5.69 Å². The Morgan fingerprint density at radius 1 is 1.58 bits per heavy atom. The summed E-state index contributed by atoms with van der Waals surface area (Å²) in [6.45, 7) is -0.547. The van der Waals surface area contributed by atoms with Crippen molar-refractivity contribution in [2.24, 2.45) is 0 Å². The summed E-state index contributed by atoms with van der Waals surface area (Å²) in [7, 11) is 0. The molecule has 9 heteroatoms. The van der Waals surface area contributed by atoms with Crippen LogP contribution < -0.4 is 11.4 Å². The summed E-state index contributed by atoms with van der Waals surface area (Å²) in [6.07, 6.45) is -3.91. The molecule has 1 fully saturated rings. The van der Waals surface area contributed by atoms with Crippen LogP contribution in [0.2, 0.25) is 0 Å². The number of halogens is 1. The molecule has 2 heterocycles. The van der Waals surface area contributed by atoms with Gasteiger partial charge in [0.05, 0.1) is 18.9 Å². The molecule has 1 saturated heterocycles. The smallest absolute Gasteiger partial charge is 0.351 e. The lowest BCUT2D eigenvalue weighted by Crippen LogP contribution is -2.49. The minimum absolute atomic E-state index is 0.136. The first-order valence-corrected chi connectivity index (χ1v) is 5.60. The predicted octanol–water partition coefficient (Wildman–Crippen LogP) is -2.03. The SMILES string of the molecule is Nc1nc(=O)n([C@H]2C[C@@H](O)[C@H](O)[C@@H](CO)O2)cc1F. The zero-order valence-corrected chi connectivity index (χ0v) is 9.81. The van der Waals surface area contributed by atoms with Crippen molar-refractivity contribution in [3.8, 4) is 0 Å². The molecule has 1 aliphatic heterocycles. The van der Waals surface area contributed by atoms with E-state index in [0.717, 1.165) is 10.8 Å². The largest absolute Gasteiger partial charge is 0.394 e. The lowest BCUT2D eigenvalue weighted by molar-refractivity contribution is -0.202. The third kappa shape index (κ3) is 2.59. The van der Waals surface area contributed by atoms with Crippen LogP contribution in [0.4, 0.5) is 10.2 Å². The Labute approximate surface area is 106 Å². The lowest BCUT2D eigenvalue weighted by Gasteiger charge is -2.36. The predicted molar refractivity (Wildman–Crippen MR) is 60.5 cm³/mol. The minimum Gasteiger partial charge on any atom is -0.394 e. The highest BCUT2D eigenvalue weighted by molar-refractivity contribution is 5.26. The Hall–Kier alpha value is -1.55. The molecule has 4 atom stereocenters. The number of aromatic nitrogens is 2. The Kier molecular flexibility index (Phi) is 3.80. The topological polar surface area (TPSA) is 131 Å². The van der Waals surface area contributed by atoms with Gasteiger partial charge in [-0.2, -0.15) is 4.98 Å². The summed E-state index contributed by atoms with van der Waals surface area (Å²) in [5, 5.41) is 28.2. The molecule has 1 aromatic rings. The van der Waals surface area contributed by atoms with E-state index >= 15 is 0 Å². The van der Waals surface area contributed by atoms with Crippen LogP contribution in [-0.2, 0) is 4.74 Å². The number of aliphatic hydroxyl groups is 3. The lowest BCUT2D eigenvalue weighted by atomic mass is 10.0. The molecule has 0 amide bonds. The molecule has 0 saturated carbocycles. The maximum absolute atomic E-state index is 13.3. The van der Waals surface area contributed by atoms with Gasteiger partial charge in [0.25, 0.3) is 0 Å². The fourth-order valence-electron chi connectivity index (χ4n) is 1.93. The number of hydrogen-bond acceptors (Lipinski definition) is 7. The second-order valence-corrected chi connectivity index (χ2v) is 4.27. The summed E-state index contributed by atoms with van der Waals surface area (Å²) >= 11 is 0. The maximum atomic E-state index is 13.3. The van der Waals surface area contributed by atoms with E-state index in [1.807, 2.05) is 0 Å². The van der Waals surface area contributed by atoms with Gasteiger partial charge in [0.1, 0.15) is 18.4 Å². The second-order valence-electron chi connectivity index (χ2n) is 4.27. The van der Waals surface area contributed by atoms with E-state index in [2.05, 4.69) is 4.98 Å². The van der Waals surface area contributed by atoms with E-state index in [0.29, 0.717) is 0 Å². The molecule has 1 aromatic heterocycles. The molecule has 0 radical (unpaired) electrons. The molecular weight excluding hydrogens is 261 g/mol. The molecular formula is C10H14FN3O5. The van der Waals surface area contributed by atoms with Crippen molar-refractivity contribution in [3.63, 3.8) is 0 Å². The van der Waals surface area contributed by atoms with Gasteiger partial charge in [0.2, 0.25) is 0 Å². The third-order valence-electron chi connectivity index (χ3n) is 2.97. The molecule has 0 unspecified atom stereocenters. The quantitative estimate of drug-likeness (QED) is 0.489. The first kappa shape index (κ1) is 13.9. The monoisotopic (exact) mass is 275 g/mol. The minimum atomic E-state index is -1.27. The molecule has 1 aliphatic rings. The molecule has 5 N–H and O–H groups in total. The molecule has 8 nitrogen and oxygen atoms in total. The molecule has 106 valence electrons. The van der Waals surface area contributed by atoms with Crippen LogP contribution in [0.1, 0.15) is 12.6 Å². The fraction of sp³-hybridized carbons (Fsp3) is 0.600. The number of nitrogens with two attached hydrogens (primary N) is 1. The molecule has 2 rings (SSSR count). The van der Waals surface area contributed by atoms with Gasteiger partial charge in [-0.1, -0.05) is 0 Å². The first-order valence-electron chi connectivity index (χ1n) is 5.60. The van der Waals surface area contributed by atoms with E-state index < -0.39 is 48.5 Å². The average Bonchev–Trinajstić information content (AvgIpc) is 2.37. The summed E-state index contributed by atoms with van der Waals surface area (Å²) in [5.41, 5.74) is 4.31. The van der Waals surface area contributed by atoms with Gasteiger partial charge in [-0.3, -0.25) is 4.57 Å². The van der Waals surface area contributed by atoms with Gasteiger partial charge in [-0.25, -0.2) is 9.18 Å². The van der Waals surface area contributed by atoms with Crippen molar-refractivity contribution in [3.05, 3.63) is 22.5 Å². The molecule has 0 bridgehead atoms. The maximum Gasteiger partial charge on any atom is 0.351 e. The van der Waals surface area contributed by atoms with E-state index in [1.54, 1.807) is 0 Å². The zero-order chi connectivity index (χ0) is 14.2. The third-order valence-corrected chi connectivity index (χ3v) is 2.97. The fourth-order valence-corrected chi connectivity index (χ4v) is 1.93. The van der Waals surface area contributed by atoms with Crippen molar-refractivity contribution >= 4 is 5.82 Å². The molecule has 0 spiro atoms. The Morgan fingerprint density at radius 2 is 2.26 bits per heavy atom.